The van der Waals surface area contributed by atoms with Gasteiger partial charge in [-0.15, -0.1) is 0 Å². The predicted octanol–water partition coefficient (Wildman–Crippen LogP) is 3.82. The topological polar surface area (TPSA) is 36.1 Å². The van der Waals surface area contributed by atoms with E-state index in [1.54, 1.807) is 0 Å². The van der Waals surface area contributed by atoms with Gasteiger partial charge in [0.25, 0.3) is 5.91 Å². The second kappa shape index (κ2) is 5.70. The molecule has 0 unspecified atom stereocenters. The van der Waals surface area contributed by atoms with E-state index in [2.05, 4.69) is 11.9 Å². The zero-order valence-electron chi connectivity index (χ0n) is 12.1. The number of aromatic nitrogens is 1. The number of carbonyl (C=O) groups is 1. The number of hydrogen-bond acceptors (Lipinski definition) is 1. The van der Waals surface area contributed by atoms with E-state index < -0.39 is 0 Å². The Kier molecular flexibility index (Phi) is 3.77. The molecule has 2 aromatic rings. The highest BCUT2D eigenvalue weighted by Gasteiger charge is 2.23. The van der Waals surface area contributed by atoms with E-state index in [-0.39, 0.29) is 5.91 Å². The van der Waals surface area contributed by atoms with Gasteiger partial charge in [0.05, 0.1) is 0 Å². The van der Waals surface area contributed by atoms with Crippen molar-refractivity contribution in [2.24, 2.45) is 5.92 Å². The first-order valence-corrected chi connectivity index (χ1v) is 7.64. The van der Waals surface area contributed by atoms with Crippen LogP contribution in [0.4, 0.5) is 0 Å². The fourth-order valence-corrected chi connectivity index (χ4v) is 3.20. The molecule has 1 saturated heterocycles. The normalized spacial score (nSPS) is 16.8. The maximum absolute atomic E-state index is 12.5. The lowest BCUT2D eigenvalue weighted by Gasteiger charge is -2.32. The van der Waals surface area contributed by atoms with Crippen LogP contribution in [0, 0.1) is 5.92 Å². The van der Waals surface area contributed by atoms with E-state index in [0.717, 1.165) is 48.3 Å². The first-order valence-electron chi connectivity index (χ1n) is 7.64. The van der Waals surface area contributed by atoms with Gasteiger partial charge >= 0.3 is 0 Å². The Morgan fingerprint density at radius 1 is 1.30 bits per heavy atom. The van der Waals surface area contributed by atoms with E-state index in [9.17, 15) is 4.79 Å². The van der Waals surface area contributed by atoms with Gasteiger partial charge in [0.1, 0.15) is 0 Å². The number of nitrogens with one attached hydrogen (secondary N) is 1. The molecule has 0 spiro atoms. The Balaban J connectivity index is 1.69. The van der Waals surface area contributed by atoms with Crippen molar-refractivity contribution in [1.29, 1.82) is 0 Å². The Bertz CT molecular complexity index is 594. The highest BCUT2D eigenvalue weighted by Crippen LogP contribution is 2.23. The van der Waals surface area contributed by atoms with Gasteiger partial charge in [-0.05, 0) is 43.0 Å². The summed E-state index contributed by atoms with van der Waals surface area (Å²) in [5.41, 5.74) is 1.90. The third kappa shape index (κ3) is 2.58. The van der Waals surface area contributed by atoms with E-state index >= 15 is 0 Å². The van der Waals surface area contributed by atoms with Crippen LogP contribution in [-0.4, -0.2) is 28.9 Å². The minimum absolute atomic E-state index is 0.183. The monoisotopic (exact) mass is 270 g/mol. The quantitative estimate of drug-likeness (QED) is 0.904. The number of hydrogen-bond donors (Lipinski definition) is 1. The second-order valence-corrected chi connectivity index (χ2v) is 5.80. The molecule has 0 bridgehead atoms. The molecule has 0 atom stereocenters. The van der Waals surface area contributed by atoms with Crippen LogP contribution >= 0.6 is 0 Å². The van der Waals surface area contributed by atoms with Crippen LogP contribution in [0.3, 0.4) is 0 Å². The molecule has 0 saturated carbocycles. The number of aromatic amines is 1. The molecule has 0 radical (unpaired) electrons. The summed E-state index contributed by atoms with van der Waals surface area (Å²) in [4.78, 5) is 17.7. The van der Waals surface area contributed by atoms with Gasteiger partial charge in [-0.3, -0.25) is 4.79 Å². The summed E-state index contributed by atoms with van der Waals surface area (Å²) in [6.07, 6.45) is 6.78. The van der Waals surface area contributed by atoms with Gasteiger partial charge in [-0.2, -0.15) is 0 Å². The lowest BCUT2D eigenvalue weighted by atomic mass is 9.92. The van der Waals surface area contributed by atoms with Crippen molar-refractivity contribution >= 4 is 16.8 Å². The molecule has 2 heterocycles. The summed E-state index contributed by atoms with van der Waals surface area (Å²) >= 11 is 0. The molecule has 0 aliphatic carbocycles. The van der Waals surface area contributed by atoms with Gasteiger partial charge in [-0.25, -0.2) is 0 Å². The molecule has 3 nitrogen and oxygen atoms in total. The number of likely N-dealkylation sites (tertiary alicyclic amines) is 1. The lowest BCUT2D eigenvalue weighted by Crippen LogP contribution is -2.38. The molecule has 1 aliphatic rings. The number of nitrogens with zero attached hydrogens (tertiary/aromatic N) is 1. The van der Waals surface area contributed by atoms with Crippen molar-refractivity contribution in [3.63, 3.8) is 0 Å². The fraction of sp³-hybridized carbons (Fsp3) is 0.471. The van der Waals surface area contributed by atoms with E-state index in [1.165, 1.54) is 12.8 Å². The standard InChI is InChI=1S/C17H22N2O/c1-2-3-13-7-10-19(11-8-13)17(20)15-4-5-16-14(12-15)6-9-18-16/h4-6,9,12-13,18H,2-3,7-8,10-11H2,1H3. The number of piperidine rings is 1. The molecule has 1 aliphatic heterocycles. The van der Waals surface area contributed by atoms with Crippen LogP contribution in [0.25, 0.3) is 10.9 Å². The molecule has 1 fully saturated rings. The summed E-state index contributed by atoms with van der Waals surface area (Å²) in [6, 6.07) is 7.93. The highest BCUT2D eigenvalue weighted by atomic mass is 16.2. The zero-order valence-corrected chi connectivity index (χ0v) is 12.1. The van der Waals surface area contributed by atoms with Crippen molar-refractivity contribution in [2.75, 3.05) is 13.1 Å². The summed E-state index contributed by atoms with van der Waals surface area (Å²) in [7, 11) is 0. The van der Waals surface area contributed by atoms with Crippen molar-refractivity contribution < 1.29 is 4.79 Å². The Hall–Kier alpha value is -1.77. The predicted molar refractivity (Wildman–Crippen MR) is 81.8 cm³/mol. The van der Waals surface area contributed by atoms with E-state index in [4.69, 9.17) is 0 Å². The molecule has 1 aromatic carbocycles. The van der Waals surface area contributed by atoms with Crippen LogP contribution in [0.15, 0.2) is 30.5 Å². The van der Waals surface area contributed by atoms with Crippen molar-refractivity contribution in [2.45, 2.75) is 32.6 Å². The largest absolute Gasteiger partial charge is 0.361 e. The van der Waals surface area contributed by atoms with Crippen LogP contribution in [0.2, 0.25) is 0 Å². The first-order chi connectivity index (χ1) is 9.78. The third-order valence-electron chi connectivity index (χ3n) is 4.40. The van der Waals surface area contributed by atoms with Gasteiger partial charge in [0, 0.05) is 35.8 Å². The molecule has 106 valence electrons. The lowest BCUT2D eigenvalue weighted by molar-refractivity contribution is 0.0687. The van der Waals surface area contributed by atoms with E-state index in [1.807, 2.05) is 35.4 Å². The number of carbonyl (C=O) groups excluding carboxylic acids is 1. The van der Waals surface area contributed by atoms with Crippen LogP contribution in [0.5, 0.6) is 0 Å². The van der Waals surface area contributed by atoms with Crippen LogP contribution in [0.1, 0.15) is 43.0 Å². The van der Waals surface area contributed by atoms with Gasteiger partial charge in [0.15, 0.2) is 0 Å². The van der Waals surface area contributed by atoms with Gasteiger partial charge < -0.3 is 9.88 Å². The summed E-state index contributed by atoms with van der Waals surface area (Å²) in [5.74, 6) is 0.999. The minimum atomic E-state index is 0.183. The molecule has 3 rings (SSSR count). The number of H-pyrrole nitrogens is 1. The maximum atomic E-state index is 12.5. The van der Waals surface area contributed by atoms with Gasteiger partial charge in [-0.1, -0.05) is 19.8 Å². The molecular weight excluding hydrogens is 248 g/mol. The number of rotatable bonds is 3. The molecule has 1 amide bonds. The van der Waals surface area contributed by atoms with Crippen LogP contribution in [-0.2, 0) is 0 Å². The average Bonchev–Trinajstić information content (AvgIpc) is 2.95. The number of fused-ring (bicyclic) bond motifs is 1. The molecule has 1 aromatic heterocycles. The number of benzene rings is 1. The SMILES string of the molecule is CCCC1CCN(C(=O)c2ccc3[nH]ccc3c2)CC1. The smallest absolute Gasteiger partial charge is 0.253 e. The summed E-state index contributed by atoms with van der Waals surface area (Å²) in [6.45, 7) is 4.06. The number of amides is 1. The average molecular weight is 270 g/mol. The fourth-order valence-electron chi connectivity index (χ4n) is 3.20. The summed E-state index contributed by atoms with van der Waals surface area (Å²) in [5, 5.41) is 1.11. The highest BCUT2D eigenvalue weighted by molar-refractivity contribution is 5.98. The maximum Gasteiger partial charge on any atom is 0.253 e. The van der Waals surface area contributed by atoms with E-state index in [0.29, 0.717) is 0 Å². The Labute approximate surface area is 120 Å². The van der Waals surface area contributed by atoms with Crippen molar-refractivity contribution in [3.05, 3.63) is 36.0 Å². The molecule has 3 heteroatoms. The first kappa shape index (κ1) is 13.2. The third-order valence-corrected chi connectivity index (χ3v) is 4.40. The van der Waals surface area contributed by atoms with Gasteiger partial charge in [0.2, 0.25) is 0 Å². The minimum Gasteiger partial charge on any atom is -0.361 e. The van der Waals surface area contributed by atoms with Crippen LogP contribution < -0.4 is 0 Å². The molecular formula is C17H22N2O. The van der Waals surface area contributed by atoms with Crippen molar-refractivity contribution in [3.8, 4) is 0 Å². The zero-order chi connectivity index (χ0) is 13.9. The second-order valence-electron chi connectivity index (χ2n) is 5.80. The molecule has 1 N–H and O–H groups in total. The van der Waals surface area contributed by atoms with Crippen molar-refractivity contribution in [1.82, 2.24) is 9.88 Å². The Morgan fingerprint density at radius 3 is 2.85 bits per heavy atom. The molecule has 20 heavy (non-hydrogen) atoms. The Morgan fingerprint density at radius 2 is 2.10 bits per heavy atom. The summed E-state index contributed by atoms with van der Waals surface area (Å²) < 4.78 is 0.